The SMILES string of the molecule is Cc1nc2ccc(N(C)C(=O)Cn3nc(-c4cccc(Cl)c4)c4ccc(C(=O)Cc5ccccc5)cc4c3=O)cc2o1. The Morgan fingerprint density at radius 2 is 1.74 bits per heavy atom. The van der Waals surface area contributed by atoms with Gasteiger partial charge in [0.1, 0.15) is 12.1 Å². The van der Waals surface area contributed by atoms with Crippen molar-refractivity contribution in [1.82, 2.24) is 14.8 Å². The van der Waals surface area contributed by atoms with Gasteiger partial charge in [-0.3, -0.25) is 14.4 Å². The zero-order valence-corrected chi connectivity index (χ0v) is 23.6. The Morgan fingerprint density at radius 3 is 2.52 bits per heavy atom. The predicted octanol–water partition coefficient (Wildman–Crippen LogP) is 6.25. The van der Waals surface area contributed by atoms with Crippen LogP contribution in [-0.2, 0) is 17.8 Å². The first-order valence-corrected chi connectivity index (χ1v) is 13.7. The molecular formula is C33H25ClN4O4. The quantitative estimate of drug-likeness (QED) is 0.208. The molecule has 8 nitrogen and oxygen atoms in total. The normalized spacial score (nSPS) is 11.2. The van der Waals surface area contributed by atoms with Crippen LogP contribution in [0.4, 0.5) is 5.69 Å². The number of hydrogen-bond donors (Lipinski definition) is 0. The Hall–Kier alpha value is -5.08. The van der Waals surface area contributed by atoms with Gasteiger partial charge in [-0.25, -0.2) is 9.67 Å². The monoisotopic (exact) mass is 576 g/mol. The second kappa shape index (κ2) is 11.1. The molecule has 0 saturated heterocycles. The number of aromatic nitrogens is 3. The van der Waals surface area contributed by atoms with Crippen molar-refractivity contribution in [3.8, 4) is 11.3 Å². The zero-order valence-electron chi connectivity index (χ0n) is 22.9. The summed E-state index contributed by atoms with van der Waals surface area (Å²) in [7, 11) is 1.62. The lowest BCUT2D eigenvalue weighted by atomic mass is 9.98. The number of hydrogen-bond acceptors (Lipinski definition) is 6. The summed E-state index contributed by atoms with van der Waals surface area (Å²) in [6, 6.07) is 26.8. The van der Waals surface area contributed by atoms with Gasteiger partial charge in [0.25, 0.3) is 5.56 Å². The van der Waals surface area contributed by atoms with Crippen molar-refractivity contribution in [3.63, 3.8) is 0 Å². The molecule has 42 heavy (non-hydrogen) atoms. The van der Waals surface area contributed by atoms with Crippen LogP contribution < -0.4 is 10.5 Å². The fourth-order valence-corrected chi connectivity index (χ4v) is 5.11. The average molecular weight is 577 g/mol. The summed E-state index contributed by atoms with van der Waals surface area (Å²) in [5.74, 6) is 0.0371. The first-order valence-electron chi connectivity index (χ1n) is 13.3. The van der Waals surface area contributed by atoms with Crippen LogP contribution in [0.1, 0.15) is 21.8 Å². The van der Waals surface area contributed by atoms with E-state index >= 15 is 0 Å². The molecule has 208 valence electrons. The molecule has 0 aliphatic heterocycles. The first-order chi connectivity index (χ1) is 20.3. The average Bonchev–Trinajstić information content (AvgIpc) is 3.37. The van der Waals surface area contributed by atoms with Crippen molar-refractivity contribution in [2.45, 2.75) is 19.9 Å². The minimum Gasteiger partial charge on any atom is -0.441 e. The molecule has 4 aromatic carbocycles. The van der Waals surface area contributed by atoms with Crippen molar-refractivity contribution in [1.29, 1.82) is 0 Å². The molecule has 0 spiro atoms. The highest BCUT2D eigenvalue weighted by Gasteiger charge is 2.20. The maximum atomic E-state index is 13.8. The molecule has 1 amide bonds. The number of ketones is 1. The van der Waals surface area contributed by atoms with Gasteiger partial charge in [0.15, 0.2) is 17.3 Å². The van der Waals surface area contributed by atoms with E-state index in [2.05, 4.69) is 10.1 Å². The molecule has 0 saturated carbocycles. The largest absolute Gasteiger partial charge is 0.441 e. The molecule has 0 aliphatic rings. The Morgan fingerprint density at radius 1 is 0.929 bits per heavy atom. The highest BCUT2D eigenvalue weighted by atomic mass is 35.5. The Balaban J connectivity index is 1.40. The van der Waals surface area contributed by atoms with E-state index in [1.807, 2.05) is 36.4 Å². The second-order valence-corrected chi connectivity index (χ2v) is 10.4. The van der Waals surface area contributed by atoms with Crippen LogP contribution in [0.25, 0.3) is 33.1 Å². The van der Waals surface area contributed by atoms with Gasteiger partial charge in [0.2, 0.25) is 5.91 Å². The molecule has 6 aromatic rings. The molecule has 2 heterocycles. The van der Waals surface area contributed by atoms with Crippen LogP contribution in [-0.4, -0.2) is 33.5 Å². The summed E-state index contributed by atoms with van der Waals surface area (Å²) in [5, 5.41) is 5.95. The van der Waals surface area contributed by atoms with E-state index in [9.17, 15) is 14.4 Å². The third kappa shape index (κ3) is 5.32. The van der Waals surface area contributed by atoms with Crippen molar-refractivity contribution in [2.24, 2.45) is 0 Å². The summed E-state index contributed by atoms with van der Waals surface area (Å²) in [6.45, 7) is 1.43. The number of anilines is 1. The maximum Gasteiger partial charge on any atom is 0.275 e. The number of aryl methyl sites for hydroxylation is 1. The molecule has 0 fully saturated rings. The van der Waals surface area contributed by atoms with Crippen LogP contribution in [0.2, 0.25) is 5.02 Å². The number of benzene rings is 4. The van der Waals surface area contributed by atoms with Crippen LogP contribution in [0, 0.1) is 6.92 Å². The Labute approximate surface area is 245 Å². The lowest BCUT2D eigenvalue weighted by Gasteiger charge is -2.18. The van der Waals surface area contributed by atoms with E-state index in [0.717, 1.165) is 10.2 Å². The number of halogens is 1. The highest BCUT2D eigenvalue weighted by molar-refractivity contribution is 6.30. The lowest BCUT2D eigenvalue weighted by molar-refractivity contribution is -0.119. The minimum atomic E-state index is -0.479. The van der Waals surface area contributed by atoms with Gasteiger partial charge in [-0.2, -0.15) is 5.10 Å². The van der Waals surface area contributed by atoms with Gasteiger partial charge >= 0.3 is 0 Å². The van der Waals surface area contributed by atoms with E-state index in [-0.39, 0.29) is 30.0 Å². The Kier molecular flexibility index (Phi) is 7.14. The number of Topliss-reactive ketones (excluding diaryl/α,β-unsaturated/α-hetero) is 1. The van der Waals surface area contributed by atoms with Gasteiger partial charge in [0.05, 0.1) is 11.1 Å². The van der Waals surface area contributed by atoms with E-state index in [0.29, 0.717) is 49.9 Å². The number of rotatable bonds is 7. The molecule has 0 bridgehead atoms. The molecular weight excluding hydrogens is 552 g/mol. The second-order valence-electron chi connectivity index (χ2n) is 10.0. The summed E-state index contributed by atoms with van der Waals surface area (Å²) in [5.41, 5.74) is 3.78. The first kappa shape index (κ1) is 27.1. The molecule has 2 aromatic heterocycles. The molecule has 0 N–H and O–H groups in total. The molecule has 0 aliphatic carbocycles. The van der Waals surface area contributed by atoms with E-state index in [4.69, 9.17) is 16.0 Å². The fraction of sp³-hybridized carbons (Fsp3) is 0.121. The third-order valence-electron chi connectivity index (χ3n) is 7.11. The lowest BCUT2D eigenvalue weighted by Crippen LogP contribution is -2.35. The summed E-state index contributed by atoms with van der Waals surface area (Å²) in [6.07, 6.45) is 0.200. The van der Waals surface area contributed by atoms with Crippen LogP contribution in [0.3, 0.4) is 0 Å². The Bertz CT molecular complexity index is 2050. The van der Waals surface area contributed by atoms with Crippen LogP contribution in [0.15, 0.2) is 100 Å². The van der Waals surface area contributed by atoms with Crippen LogP contribution in [0.5, 0.6) is 0 Å². The smallest absolute Gasteiger partial charge is 0.275 e. The number of amides is 1. The van der Waals surface area contributed by atoms with Crippen molar-refractivity contribution >= 4 is 50.9 Å². The number of carbonyl (C=O) groups is 2. The zero-order chi connectivity index (χ0) is 29.4. The molecule has 0 atom stereocenters. The third-order valence-corrected chi connectivity index (χ3v) is 7.35. The molecule has 9 heteroatoms. The fourth-order valence-electron chi connectivity index (χ4n) is 4.91. The number of oxazole rings is 1. The van der Waals surface area contributed by atoms with Crippen LogP contribution >= 0.6 is 11.6 Å². The summed E-state index contributed by atoms with van der Waals surface area (Å²) >= 11 is 6.28. The minimum absolute atomic E-state index is 0.121. The standard InChI is InChI=1S/C33H25ClN4O4/c1-20-35-28-14-12-25(18-30(28)42-20)37(2)31(40)19-38-33(41)27-17-22(29(39)15-21-7-4-3-5-8-21)11-13-26(27)32(36-38)23-9-6-10-24(34)16-23/h3-14,16-18H,15,19H2,1-2H3. The molecule has 6 rings (SSSR count). The summed E-state index contributed by atoms with van der Waals surface area (Å²) < 4.78 is 6.75. The van der Waals surface area contributed by atoms with Crippen molar-refractivity contribution in [3.05, 3.63) is 123 Å². The van der Waals surface area contributed by atoms with E-state index in [1.165, 1.54) is 4.90 Å². The van der Waals surface area contributed by atoms with Gasteiger partial charge in [-0.15, -0.1) is 0 Å². The predicted molar refractivity (Wildman–Crippen MR) is 163 cm³/mol. The van der Waals surface area contributed by atoms with E-state index < -0.39 is 5.56 Å². The maximum absolute atomic E-state index is 13.8. The van der Waals surface area contributed by atoms with Crippen molar-refractivity contribution < 1.29 is 14.0 Å². The number of fused-ring (bicyclic) bond motifs is 2. The molecule has 0 unspecified atom stereocenters. The highest BCUT2D eigenvalue weighted by Crippen LogP contribution is 2.28. The van der Waals surface area contributed by atoms with Gasteiger partial charge in [0, 0.05) is 53.7 Å². The number of likely N-dealkylation sites (N-methyl/N-ethyl adjacent to an activating group) is 1. The topological polar surface area (TPSA) is 98.3 Å². The van der Waals surface area contributed by atoms with Crippen molar-refractivity contribution in [2.75, 3.05) is 11.9 Å². The number of carbonyl (C=O) groups excluding carboxylic acids is 2. The molecule has 0 radical (unpaired) electrons. The van der Waals surface area contributed by atoms with E-state index in [1.54, 1.807) is 68.6 Å². The number of nitrogens with zero attached hydrogens (tertiary/aromatic N) is 4. The summed E-state index contributed by atoms with van der Waals surface area (Å²) in [4.78, 5) is 46.1. The van der Waals surface area contributed by atoms with Gasteiger partial charge in [-0.05, 0) is 35.9 Å². The van der Waals surface area contributed by atoms with Gasteiger partial charge < -0.3 is 9.32 Å². The van der Waals surface area contributed by atoms with Gasteiger partial charge in [-0.1, -0.05) is 66.2 Å².